The van der Waals surface area contributed by atoms with E-state index in [0.717, 1.165) is 47.3 Å². The van der Waals surface area contributed by atoms with Crippen LogP contribution in [0.5, 0.6) is 0 Å². The predicted octanol–water partition coefficient (Wildman–Crippen LogP) is 4.50. The standard InChI is InChI=1S/C18H19Cl2N5S/c1-18(21)5-8-24(9-6-18)16-13-11-23-17(25(13)10-7-22-16)26-14-4-2-3-12(19)15(14)20/h2-4,7,10-11H,5-6,8-9,21H2,1H3. The Morgan fingerprint density at radius 3 is 2.73 bits per heavy atom. The van der Waals surface area contributed by atoms with Gasteiger partial charge in [0.05, 0.1) is 16.2 Å². The maximum absolute atomic E-state index is 6.32. The highest BCUT2D eigenvalue weighted by atomic mass is 35.5. The lowest BCUT2D eigenvalue weighted by atomic mass is 9.91. The van der Waals surface area contributed by atoms with Gasteiger partial charge in [-0.15, -0.1) is 0 Å². The Labute approximate surface area is 166 Å². The van der Waals surface area contributed by atoms with Gasteiger partial charge in [-0.05, 0) is 43.7 Å². The number of nitrogens with two attached hydrogens (primary N) is 1. The summed E-state index contributed by atoms with van der Waals surface area (Å²) in [6.45, 7) is 3.90. The van der Waals surface area contributed by atoms with Crippen LogP contribution in [0.4, 0.5) is 5.82 Å². The number of piperidine rings is 1. The second kappa shape index (κ2) is 6.93. The molecule has 0 spiro atoms. The number of aromatic nitrogens is 3. The lowest BCUT2D eigenvalue weighted by molar-refractivity contribution is 0.363. The summed E-state index contributed by atoms with van der Waals surface area (Å²) >= 11 is 13.9. The van der Waals surface area contributed by atoms with E-state index in [4.69, 9.17) is 28.9 Å². The molecule has 4 rings (SSSR count). The molecule has 3 aromatic rings. The zero-order chi connectivity index (χ0) is 18.3. The monoisotopic (exact) mass is 407 g/mol. The molecule has 0 saturated carbocycles. The average Bonchev–Trinajstić information content (AvgIpc) is 3.02. The average molecular weight is 408 g/mol. The summed E-state index contributed by atoms with van der Waals surface area (Å²) in [4.78, 5) is 12.3. The van der Waals surface area contributed by atoms with Gasteiger partial charge < -0.3 is 10.6 Å². The molecule has 2 N–H and O–H groups in total. The number of fused-ring (bicyclic) bond motifs is 1. The highest BCUT2D eigenvalue weighted by molar-refractivity contribution is 7.99. The van der Waals surface area contributed by atoms with Crippen molar-refractivity contribution in [3.8, 4) is 0 Å². The maximum atomic E-state index is 6.32. The molecule has 0 atom stereocenters. The second-order valence-electron chi connectivity index (χ2n) is 6.84. The van der Waals surface area contributed by atoms with E-state index in [1.165, 1.54) is 11.8 Å². The minimum absolute atomic E-state index is 0.0911. The van der Waals surface area contributed by atoms with E-state index in [0.29, 0.717) is 10.0 Å². The van der Waals surface area contributed by atoms with Crippen molar-refractivity contribution in [1.82, 2.24) is 14.4 Å². The van der Waals surface area contributed by atoms with E-state index >= 15 is 0 Å². The van der Waals surface area contributed by atoms with Crippen LogP contribution < -0.4 is 10.6 Å². The van der Waals surface area contributed by atoms with Crippen LogP contribution in [0, 0.1) is 0 Å². The number of benzene rings is 1. The number of rotatable bonds is 3. The van der Waals surface area contributed by atoms with E-state index in [1.807, 2.05) is 35.1 Å². The zero-order valence-electron chi connectivity index (χ0n) is 14.3. The topological polar surface area (TPSA) is 59.5 Å². The first-order valence-corrected chi connectivity index (χ1v) is 10.00. The SMILES string of the molecule is CC1(N)CCN(c2nccn3c(Sc4cccc(Cl)c4Cl)ncc23)CC1. The van der Waals surface area contributed by atoms with Crippen molar-refractivity contribution < 1.29 is 0 Å². The Balaban J connectivity index is 1.66. The number of hydrogen-bond acceptors (Lipinski definition) is 5. The number of hydrogen-bond donors (Lipinski definition) is 1. The minimum Gasteiger partial charge on any atom is -0.355 e. The van der Waals surface area contributed by atoms with Crippen molar-refractivity contribution in [3.63, 3.8) is 0 Å². The first kappa shape index (κ1) is 17.9. The van der Waals surface area contributed by atoms with Gasteiger partial charge in [-0.3, -0.25) is 4.40 Å². The molecule has 2 aromatic heterocycles. The fraction of sp³-hybridized carbons (Fsp3) is 0.333. The molecule has 8 heteroatoms. The molecule has 5 nitrogen and oxygen atoms in total. The lowest BCUT2D eigenvalue weighted by Crippen LogP contribution is -2.48. The number of anilines is 1. The van der Waals surface area contributed by atoms with Gasteiger partial charge in [0.25, 0.3) is 0 Å². The molecule has 1 aliphatic heterocycles. The Kier molecular flexibility index (Phi) is 4.77. The smallest absolute Gasteiger partial charge is 0.177 e. The third-order valence-corrected chi connectivity index (χ3v) is 6.70. The van der Waals surface area contributed by atoms with Crippen molar-refractivity contribution in [2.24, 2.45) is 5.73 Å². The van der Waals surface area contributed by atoms with Crippen LogP contribution in [-0.2, 0) is 0 Å². The van der Waals surface area contributed by atoms with Gasteiger partial charge in [0.1, 0.15) is 5.52 Å². The molecular weight excluding hydrogens is 389 g/mol. The lowest BCUT2D eigenvalue weighted by Gasteiger charge is -2.37. The highest BCUT2D eigenvalue weighted by Crippen LogP contribution is 2.37. The Morgan fingerprint density at radius 2 is 1.96 bits per heavy atom. The van der Waals surface area contributed by atoms with Gasteiger partial charge in [0, 0.05) is 35.9 Å². The van der Waals surface area contributed by atoms with Crippen molar-refractivity contribution in [3.05, 3.63) is 46.8 Å². The van der Waals surface area contributed by atoms with Crippen molar-refractivity contribution in [2.45, 2.75) is 35.4 Å². The van der Waals surface area contributed by atoms with Crippen molar-refractivity contribution >= 4 is 46.3 Å². The third-order valence-electron chi connectivity index (χ3n) is 4.73. The van der Waals surface area contributed by atoms with Gasteiger partial charge in [-0.2, -0.15) is 0 Å². The molecule has 1 fully saturated rings. The van der Waals surface area contributed by atoms with Crippen LogP contribution >= 0.6 is 35.0 Å². The quantitative estimate of drug-likeness (QED) is 0.691. The summed E-state index contributed by atoms with van der Waals surface area (Å²) in [7, 11) is 0. The van der Waals surface area contributed by atoms with Crippen molar-refractivity contribution in [1.29, 1.82) is 0 Å². The van der Waals surface area contributed by atoms with Gasteiger partial charge >= 0.3 is 0 Å². The molecule has 3 heterocycles. The first-order chi connectivity index (χ1) is 12.4. The van der Waals surface area contributed by atoms with Gasteiger partial charge in [0.15, 0.2) is 11.0 Å². The maximum Gasteiger partial charge on any atom is 0.177 e. The second-order valence-corrected chi connectivity index (χ2v) is 8.64. The molecular formula is C18H19Cl2N5S. The van der Waals surface area contributed by atoms with E-state index in [-0.39, 0.29) is 5.54 Å². The van der Waals surface area contributed by atoms with E-state index < -0.39 is 0 Å². The van der Waals surface area contributed by atoms with Crippen molar-refractivity contribution in [2.75, 3.05) is 18.0 Å². The zero-order valence-corrected chi connectivity index (χ0v) is 16.7. The Bertz CT molecular complexity index is 946. The minimum atomic E-state index is -0.0911. The van der Waals surface area contributed by atoms with Crippen LogP contribution in [-0.4, -0.2) is 33.0 Å². The number of nitrogens with zero attached hydrogens (tertiary/aromatic N) is 4. The summed E-state index contributed by atoms with van der Waals surface area (Å²) in [5, 5.41) is 1.91. The van der Waals surface area contributed by atoms with Gasteiger partial charge in [0.2, 0.25) is 0 Å². The molecule has 26 heavy (non-hydrogen) atoms. The van der Waals surface area contributed by atoms with Crippen LogP contribution in [0.3, 0.4) is 0 Å². The molecule has 0 bridgehead atoms. The number of halogens is 2. The number of imidazole rings is 1. The molecule has 1 saturated heterocycles. The normalized spacial score (nSPS) is 17.0. The molecule has 1 aromatic carbocycles. The molecule has 0 aliphatic carbocycles. The van der Waals surface area contributed by atoms with E-state index in [2.05, 4.69) is 21.8 Å². The predicted molar refractivity (Wildman–Crippen MR) is 108 cm³/mol. The fourth-order valence-corrected chi connectivity index (χ4v) is 4.48. The van der Waals surface area contributed by atoms with Gasteiger partial charge in [-0.1, -0.05) is 29.3 Å². The van der Waals surface area contributed by atoms with E-state index in [1.54, 1.807) is 6.07 Å². The van der Waals surface area contributed by atoms with Gasteiger partial charge in [-0.25, -0.2) is 9.97 Å². The van der Waals surface area contributed by atoms with Crippen LogP contribution in [0.25, 0.3) is 5.52 Å². The highest BCUT2D eigenvalue weighted by Gasteiger charge is 2.27. The summed E-state index contributed by atoms with van der Waals surface area (Å²) < 4.78 is 2.04. The van der Waals surface area contributed by atoms with Crippen LogP contribution in [0.1, 0.15) is 19.8 Å². The third kappa shape index (κ3) is 3.39. The molecule has 0 unspecified atom stereocenters. The largest absolute Gasteiger partial charge is 0.355 e. The van der Waals surface area contributed by atoms with Crippen LogP contribution in [0.15, 0.2) is 46.8 Å². The summed E-state index contributed by atoms with van der Waals surface area (Å²) in [5.74, 6) is 0.944. The van der Waals surface area contributed by atoms with Crippen LogP contribution in [0.2, 0.25) is 10.0 Å². The molecule has 0 amide bonds. The molecule has 0 radical (unpaired) electrons. The molecule has 136 valence electrons. The summed E-state index contributed by atoms with van der Waals surface area (Å²) in [6, 6.07) is 5.60. The molecule has 1 aliphatic rings. The Hall–Kier alpha value is -1.47. The summed E-state index contributed by atoms with van der Waals surface area (Å²) in [6.07, 6.45) is 7.49. The fourth-order valence-electron chi connectivity index (χ4n) is 3.10. The summed E-state index contributed by atoms with van der Waals surface area (Å²) in [5.41, 5.74) is 7.15. The Morgan fingerprint density at radius 1 is 1.19 bits per heavy atom. The van der Waals surface area contributed by atoms with E-state index in [9.17, 15) is 0 Å². The first-order valence-electron chi connectivity index (χ1n) is 8.42.